The normalized spacial score (nSPS) is 18.2. The molecule has 0 spiro atoms. The molecule has 0 saturated carbocycles. The molecule has 0 N–H and O–H groups in total. The van der Waals surface area contributed by atoms with Crippen molar-refractivity contribution in [1.29, 1.82) is 0 Å². The van der Waals surface area contributed by atoms with Gasteiger partial charge in [0.2, 0.25) is 0 Å². The number of carbonyl (C=O) groups excluding carboxylic acids is 1. The molecule has 2 unspecified atom stereocenters. The lowest BCUT2D eigenvalue weighted by Crippen LogP contribution is -2.46. The average Bonchev–Trinajstić information content (AvgIpc) is 3.17. The fourth-order valence-electron chi connectivity index (χ4n) is 4.53. The van der Waals surface area contributed by atoms with Crippen LogP contribution in [0.2, 0.25) is 0 Å². The molecule has 1 aliphatic heterocycles. The van der Waals surface area contributed by atoms with Gasteiger partial charge in [0.05, 0.1) is 11.5 Å². The Kier molecular flexibility index (Phi) is 8.52. The number of anilines is 1. The second kappa shape index (κ2) is 11.0. The number of ether oxygens (including phenoxy) is 1. The predicted octanol–water partition coefficient (Wildman–Crippen LogP) is 4.81. The lowest BCUT2D eigenvalue weighted by molar-refractivity contribution is -0.140. The maximum atomic E-state index is 13.5. The van der Waals surface area contributed by atoms with Crippen LogP contribution in [0.1, 0.15) is 59.1 Å². The highest BCUT2D eigenvalue weighted by Crippen LogP contribution is 2.26. The second-order valence-electron chi connectivity index (χ2n) is 10.4. The van der Waals surface area contributed by atoms with E-state index in [9.17, 15) is 13.2 Å². The maximum Gasteiger partial charge on any atom is 0.263 e. The van der Waals surface area contributed by atoms with Gasteiger partial charge in [-0.15, -0.1) is 0 Å². The Balaban J connectivity index is 1.78. The molecule has 0 aliphatic carbocycles. The van der Waals surface area contributed by atoms with Gasteiger partial charge in [0.15, 0.2) is 15.9 Å². The minimum Gasteiger partial charge on any atom is -0.481 e. The molecule has 2 atom stereocenters. The number of amides is 1. The summed E-state index contributed by atoms with van der Waals surface area (Å²) < 4.78 is 30.4. The van der Waals surface area contributed by atoms with Crippen molar-refractivity contribution in [3.8, 4) is 5.75 Å². The molecule has 192 valence electrons. The number of nitrogens with zero attached hydrogens (tertiary/aromatic N) is 2. The van der Waals surface area contributed by atoms with Gasteiger partial charge in [-0.2, -0.15) is 0 Å². The highest BCUT2D eigenvalue weighted by molar-refractivity contribution is 7.91. The van der Waals surface area contributed by atoms with E-state index in [2.05, 4.69) is 51.7 Å². The van der Waals surface area contributed by atoms with Gasteiger partial charge in [-0.1, -0.05) is 45.0 Å². The van der Waals surface area contributed by atoms with E-state index in [-0.39, 0.29) is 28.9 Å². The van der Waals surface area contributed by atoms with Gasteiger partial charge < -0.3 is 14.5 Å². The molecule has 0 aromatic heterocycles. The third-order valence-corrected chi connectivity index (χ3v) is 8.48. The summed E-state index contributed by atoms with van der Waals surface area (Å²) >= 11 is 0. The summed E-state index contributed by atoms with van der Waals surface area (Å²) in [6.07, 6.45) is -0.271. The Morgan fingerprint density at radius 1 is 1.03 bits per heavy atom. The monoisotopic (exact) mass is 500 g/mol. The summed E-state index contributed by atoms with van der Waals surface area (Å²) in [6, 6.07) is 15.6. The van der Waals surface area contributed by atoms with Crippen molar-refractivity contribution in [1.82, 2.24) is 4.90 Å². The maximum absolute atomic E-state index is 13.5. The smallest absolute Gasteiger partial charge is 0.263 e. The molecule has 1 saturated heterocycles. The number of rotatable bonds is 9. The van der Waals surface area contributed by atoms with Gasteiger partial charge in [0.1, 0.15) is 5.75 Å². The van der Waals surface area contributed by atoms with Crippen molar-refractivity contribution in [2.24, 2.45) is 0 Å². The highest BCUT2D eigenvalue weighted by Gasteiger charge is 2.36. The Labute approximate surface area is 211 Å². The molecule has 3 rings (SSSR count). The van der Waals surface area contributed by atoms with E-state index in [1.54, 1.807) is 11.8 Å². The first kappa shape index (κ1) is 27.1. The quantitative estimate of drug-likeness (QED) is 0.494. The Hall–Kier alpha value is -2.54. The first-order valence-electron chi connectivity index (χ1n) is 12.6. The van der Waals surface area contributed by atoms with Gasteiger partial charge in [-0.25, -0.2) is 8.42 Å². The zero-order valence-corrected chi connectivity index (χ0v) is 22.8. The van der Waals surface area contributed by atoms with Crippen LogP contribution in [0.25, 0.3) is 0 Å². The van der Waals surface area contributed by atoms with Crippen LogP contribution in [-0.2, 0) is 26.6 Å². The SMILES string of the molecule is CCN(CC)c1ccc(CN(C(=O)C(C)Oc2ccc(C(C)(C)C)cc2)C2CCS(=O)(=O)C2)cc1. The van der Waals surface area contributed by atoms with Crippen LogP contribution in [-0.4, -0.2) is 56.0 Å². The lowest BCUT2D eigenvalue weighted by atomic mass is 9.87. The number of hydrogen-bond acceptors (Lipinski definition) is 5. The number of carbonyl (C=O) groups is 1. The molecule has 1 fully saturated rings. The van der Waals surface area contributed by atoms with Crippen LogP contribution < -0.4 is 9.64 Å². The van der Waals surface area contributed by atoms with Crippen LogP contribution >= 0.6 is 0 Å². The molecule has 1 aliphatic rings. The molecule has 35 heavy (non-hydrogen) atoms. The van der Waals surface area contributed by atoms with Gasteiger partial charge >= 0.3 is 0 Å². The zero-order valence-electron chi connectivity index (χ0n) is 22.0. The van der Waals surface area contributed by atoms with E-state index < -0.39 is 15.9 Å². The topological polar surface area (TPSA) is 66.9 Å². The fraction of sp³-hybridized carbons (Fsp3) is 0.536. The summed E-state index contributed by atoms with van der Waals surface area (Å²) in [5.41, 5.74) is 3.33. The lowest BCUT2D eigenvalue weighted by Gasteiger charge is -2.31. The number of benzene rings is 2. The van der Waals surface area contributed by atoms with E-state index in [1.165, 1.54) is 5.56 Å². The highest BCUT2D eigenvalue weighted by atomic mass is 32.2. The molecule has 1 heterocycles. The number of sulfone groups is 1. The van der Waals surface area contributed by atoms with E-state index >= 15 is 0 Å². The molecule has 0 bridgehead atoms. The first-order chi connectivity index (χ1) is 16.4. The largest absolute Gasteiger partial charge is 0.481 e. The molecule has 0 radical (unpaired) electrons. The summed E-state index contributed by atoms with van der Waals surface area (Å²) in [6.45, 7) is 14.6. The Morgan fingerprint density at radius 3 is 2.11 bits per heavy atom. The van der Waals surface area contributed by atoms with Gasteiger partial charge in [0, 0.05) is 31.4 Å². The van der Waals surface area contributed by atoms with Gasteiger partial charge in [-0.3, -0.25) is 4.79 Å². The third-order valence-electron chi connectivity index (χ3n) is 6.73. The minimum atomic E-state index is -3.14. The standard InChI is InChI=1S/C28H40N2O4S/c1-7-29(8-2)24-13-9-22(10-14-24)19-30(25-17-18-35(32,33)20-25)27(31)21(3)34-26-15-11-23(12-16-26)28(4,5)6/h9-16,21,25H,7-8,17-20H2,1-6H3. The van der Waals surface area contributed by atoms with E-state index in [0.29, 0.717) is 18.7 Å². The van der Waals surface area contributed by atoms with Crippen molar-refractivity contribution in [3.63, 3.8) is 0 Å². The summed E-state index contributed by atoms with van der Waals surface area (Å²) in [5, 5.41) is 0. The van der Waals surface area contributed by atoms with E-state index in [4.69, 9.17) is 4.74 Å². The molecule has 2 aromatic carbocycles. The van der Waals surface area contributed by atoms with Crippen LogP contribution in [0.4, 0.5) is 5.69 Å². The van der Waals surface area contributed by atoms with Crippen LogP contribution in [0.15, 0.2) is 48.5 Å². The van der Waals surface area contributed by atoms with Crippen LogP contribution in [0.5, 0.6) is 5.75 Å². The zero-order chi connectivity index (χ0) is 25.8. The molecular weight excluding hydrogens is 460 g/mol. The summed E-state index contributed by atoms with van der Waals surface area (Å²) in [5.74, 6) is 0.552. The second-order valence-corrected chi connectivity index (χ2v) is 12.6. The molecule has 6 nitrogen and oxygen atoms in total. The van der Waals surface area contributed by atoms with Crippen LogP contribution in [0.3, 0.4) is 0 Å². The van der Waals surface area contributed by atoms with Crippen LogP contribution in [0, 0.1) is 0 Å². The minimum absolute atomic E-state index is 0.00324. The summed E-state index contributed by atoms with van der Waals surface area (Å²) in [4.78, 5) is 17.5. The molecule has 1 amide bonds. The van der Waals surface area contributed by atoms with Crippen molar-refractivity contribution in [3.05, 3.63) is 59.7 Å². The van der Waals surface area contributed by atoms with Gasteiger partial charge in [-0.05, 0) is 68.0 Å². The van der Waals surface area contributed by atoms with Crippen molar-refractivity contribution >= 4 is 21.4 Å². The molecular formula is C28H40N2O4S. The average molecular weight is 501 g/mol. The molecule has 2 aromatic rings. The van der Waals surface area contributed by atoms with E-state index in [1.807, 2.05) is 36.4 Å². The van der Waals surface area contributed by atoms with Crippen molar-refractivity contribution in [2.45, 2.75) is 72.1 Å². The predicted molar refractivity (Wildman–Crippen MR) is 143 cm³/mol. The Bertz CT molecular complexity index is 1090. The number of hydrogen-bond donors (Lipinski definition) is 0. The third kappa shape index (κ3) is 7.00. The fourth-order valence-corrected chi connectivity index (χ4v) is 6.26. The van der Waals surface area contributed by atoms with Gasteiger partial charge in [0.25, 0.3) is 5.91 Å². The first-order valence-corrected chi connectivity index (χ1v) is 14.4. The molecule has 7 heteroatoms. The van der Waals surface area contributed by atoms with Crippen molar-refractivity contribution in [2.75, 3.05) is 29.5 Å². The summed E-state index contributed by atoms with van der Waals surface area (Å²) in [7, 11) is -3.14. The van der Waals surface area contributed by atoms with E-state index in [0.717, 1.165) is 24.3 Å². The Morgan fingerprint density at radius 2 is 1.63 bits per heavy atom. The van der Waals surface area contributed by atoms with Crippen molar-refractivity contribution < 1.29 is 17.9 Å².